The van der Waals surface area contributed by atoms with Gasteiger partial charge in [0.25, 0.3) is 5.91 Å². The van der Waals surface area contributed by atoms with Crippen molar-refractivity contribution in [3.8, 4) is 0 Å². The van der Waals surface area contributed by atoms with Gasteiger partial charge in [0, 0.05) is 28.2 Å². The number of amides is 4. The topological polar surface area (TPSA) is 87.7 Å². The number of hydroxylamine groups is 1. The summed E-state index contributed by atoms with van der Waals surface area (Å²) in [6.45, 7) is 1.54. The maximum Gasteiger partial charge on any atom is 0.428 e. The van der Waals surface area contributed by atoms with E-state index in [1.54, 1.807) is 0 Å². The number of carbonyl (C=O) groups is 3. The highest BCUT2D eigenvalue weighted by Gasteiger charge is 2.59. The molecule has 2 aromatic rings. The highest BCUT2D eigenvalue weighted by Crippen LogP contribution is 2.48. The van der Waals surface area contributed by atoms with Gasteiger partial charge < -0.3 is 0 Å². The van der Waals surface area contributed by atoms with E-state index < -0.39 is 35.5 Å². The second-order valence-electron chi connectivity index (χ2n) is 7.53. The first-order chi connectivity index (χ1) is 16.3. The lowest BCUT2D eigenvalue weighted by Crippen LogP contribution is -2.44. The Kier molecular flexibility index (Phi) is 7.71. The van der Waals surface area contributed by atoms with E-state index >= 15 is 0 Å². The van der Waals surface area contributed by atoms with Crippen molar-refractivity contribution in [2.75, 3.05) is 12.9 Å². The summed E-state index contributed by atoms with van der Waals surface area (Å²) >= 11 is 17.1. The van der Waals surface area contributed by atoms with Crippen LogP contribution in [0.5, 0.6) is 0 Å². The highest BCUT2D eigenvalue weighted by atomic mass is 35.5. The number of rotatable bonds is 4. The minimum atomic E-state index is -4.88. The van der Waals surface area contributed by atoms with Gasteiger partial charge in [0.1, 0.15) is 5.88 Å². The van der Waals surface area contributed by atoms with Crippen LogP contribution in [0.15, 0.2) is 42.5 Å². The maximum absolute atomic E-state index is 14.2. The normalized spacial score (nSPS) is 17.4. The Labute approximate surface area is 212 Å². The molecule has 0 aliphatic carbocycles. The van der Waals surface area contributed by atoms with Crippen molar-refractivity contribution in [1.29, 1.82) is 0 Å². The molecule has 1 aliphatic heterocycles. The average Bonchev–Trinajstić information content (AvgIpc) is 3.24. The fraction of sp³-hybridized carbons (Fsp3) is 0.227. The minimum Gasteiger partial charge on any atom is -0.277 e. The SMILES string of the molecule is Cc1cc(C2=CC(c3cc(Cl)cc(Cl)c3)(C(F)(F)F)ON2)ccc1C(=O)N(C)C(=O)NC(=O)CCl. The molecule has 1 heterocycles. The van der Waals surface area contributed by atoms with Gasteiger partial charge in [0.05, 0.1) is 5.70 Å². The molecule has 2 N–H and O–H groups in total. The second kappa shape index (κ2) is 10.1. The molecule has 0 saturated carbocycles. The van der Waals surface area contributed by atoms with Gasteiger partial charge in [-0.2, -0.15) is 13.2 Å². The minimum absolute atomic E-state index is 0.00110. The number of halogens is 6. The average molecular weight is 551 g/mol. The molecule has 35 heavy (non-hydrogen) atoms. The number of aryl methyl sites for hydroxylation is 1. The Morgan fingerprint density at radius 2 is 1.74 bits per heavy atom. The first-order valence-electron chi connectivity index (χ1n) is 9.78. The summed E-state index contributed by atoms with van der Waals surface area (Å²) in [4.78, 5) is 41.7. The van der Waals surface area contributed by atoms with Gasteiger partial charge in [-0.25, -0.2) is 4.79 Å². The van der Waals surface area contributed by atoms with Crippen molar-refractivity contribution in [2.45, 2.75) is 18.7 Å². The molecule has 0 spiro atoms. The number of nitrogens with one attached hydrogen (secondary N) is 2. The number of hydrogen-bond acceptors (Lipinski definition) is 5. The van der Waals surface area contributed by atoms with Crippen LogP contribution in [-0.4, -0.2) is 41.8 Å². The molecule has 186 valence electrons. The van der Waals surface area contributed by atoms with Crippen LogP contribution < -0.4 is 10.8 Å². The number of alkyl halides is 4. The third-order valence-corrected chi connectivity index (χ3v) is 5.81. The number of benzene rings is 2. The largest absolute Gasteiger partial charge is 0.428 e. The van der Waals surface area contributed by atoms with Crippen molar-refractivity contribution < 1.29 is 32.4 Å². The molecule has 2 aromatic carbocycles. The number of nitrogens with zero attached hydrogens (tertiary/aromatic N) is 1. The summed E-state index contributed by atoms with van der Waals surface area (Å²) in [7, 11) is 1.16. The molecular weight excluding hydrogens is 534 g/mol. The predicted molar refractivity (Wildman–Crippen MR) is 124 cm³/mol. The Balaban J connectivity index is 1.95. The molecule has 0 radical (unpaired) electrons. The molecule has 13 heteroatoms. The molecule has 3 rings (SSSR count). The lowest BCUT2D eigenvalue weighted by Gasteiger charge is -2.28. The lowest BCUT2D eigenvalue weighted by atomic mass is 9.91. The van der Waals surface area contributed by atoms with Gasteiger partial charge in [-0.15, -0.1) is 11.6 Å². The van der Waals surface area contributed by atoms with E-state index in [1.807, 2.05) is 5.32 Å². The van der Waals surface area contributed by atoms with Crippen LogP contribution in [0.3, 0.4) is 0 Å². The number of hydrogen-bond donors (Lipinski definition) is 2. The molecule has 0 fully saturated rings. The standard InChI is InChI=1S/C22H17Cl3F3N3O4/c1-11-5-12(3-4-16(11)19(33)31(2)20(34)29-18(32)10-23)17-9-21(35-30-17,22(26,27)28)13-6-14(24)8-15(25)7-13/h3-9,30H,10H2,1-2H3,(H,29,32,34). The van der Waals surface area contributed by atoms with Crippen LogP contribution in [0.4, 0.5) is 18.0 Å². The molecule has 1 unspecified atom stereocenters. The van der Waals surface area contributed by atoms with Gasteiger partial charge in [0.15, 0.2) is 0 Å². The Bertz CT molecular complexity index is 1220. The quantitative estimate of drug-likeness (QED) is 0.512. The summed E-state index contributed by atoms with van der Waals surface area (Å²) in [5.74, 6) is -1.99. The van der Waals surface area contributed by atoms with Crippen LogP contribution in [0.1, 0.15) is 27.0 Å². The Morgan fingerprint density at radius 1 is 1.11 bits per heavy atom. The van der Waals surface area contributed by atoms with E-state index in [0.717, 1.165) is 25.3 Å². The Hall–Kier alpha value is -2.79. The van der Waals surface area contributed by atoms with Crippen LogP contribution in [0, 0.1) is 6.92 Å². The summed E-state index contributed by atoms with van der Waals surface area (Å²) in [5.41, 5.74) is -0.185. The van der Waals surface area contributed by atoms with E-state index in [0.29, 0.717) is 10.5 Å². The van der Waals surface area contributed by atoms with Gasteiger partial charge in [-0.05, 0) is 54.5 Å². The van der Waals surface area contributed by atoms with Gasteiger partial charge in [-0.1, -0.05) is 29.3 Å². The summed E-state index contributed by atoms with van der Waals surface area (Å²) < 4.78 is 42.5. The summed E-state index contributed by atoms with van der Waals surface area (Å²) in [6.07, 6.45) is -4.03. The molecule has 1 aliphatic rings. The zero-order valence-corrected chi connectivity index (χ0v) is 20.4. The third kappa shape index (κ3) is 5.40. The van der Waals surface area contributed by atoms with E-state index in [2.05, 4.69) is 5.48 Å². The van der Waals surface area contributed by atoms with E-state index in [1.165, 1.54) is 31.2 Å². The van der Waals surface area contributed by atoms with Crippen molar-refractivity contribution in [3.05, 3.63) is 74.8 Å². The summed E-state index contributed by atoms with van der Waals surface area (Å²) in [6, 6.07) is 6.69. The molecule has 1 atom stereocenters. The van der Waals surface area contributed by atoms with Crippen molar-refractivity contribution in [1.82, 2.24) is 15.7 Å². The molecule has 4 amide bonds. The zero-order valence-electron chi connectivity index (χ0n) is 18.1. The smallest absolute Gasteiger partial charge is 0.277 e. The lowest BCUT2D eigenvalue weighted by molar-refractivity contribution is -0.269. The van der Waals surface area contributed by atoms with E-state index in [9.17, 15) is 27.6 Å². The van der Waals surface area contributed by atoms with E-state index in [4.69, 9.17) is 39.6 Å². The molecule has 7 nitrogen and oxygen atoms in total. The first kappa shape index (κ1) is 26.8. The van der Waals surface area contributed by atoms with Crippen LogP contribution in [0.2, 0.25) is 10.0 Å². The maximum atomic E-state index is 14.2. The summed E-state index contributed by atoms with van der Waals surface area (Å²) in [5, 5.41) is 1.94. The fourth-order valence-electron chi connectivity index (χ4n) is 3.33. The number of imide groups is 2. The number of urea groups is 1. The number of carbonyl (C=O) groups excluding carboxylic acids is 3. The zero-order chi connectivity index (χ0) is 26.1. The van der Waals surface area contributed by atoms with E-state index in [-0.39, 0.29) is 32.4 Å². The van der Waals surface area contributed by atoms with Gasteiger partial charge in [-0.3, -0.25) is 30.1 Å². The molecule has 0 aromatic heterocycles. The van der Waals surface area contributed by atoms with Crippen molar-refractivity contribution in [3.63, 3.8) is 0 Å². The van der Waals surface area contributed by atoms with Crippen LogP contribution in [0.25, 0.3) is 5.70 Å². The van der Waals surface area contributed by atoms with Crippen LogP contribution in [-0.2, 0) is 15.2 Å². The third-order valence-electron chi connectivity index (χ3n) is 5.13. The monoisotopic (exact) mass is 549 g/mol. The predicted octanol–water partition coefficient (Wildman–Crippen LogP) is 5.18. The van der Waals surface area contributed by atoms with Crippen LogP contribution >= 0.6 is 34.8 Å². The van der Waals surface area contributed by atoms with Gasteiger partial charge >= 0.3 is 12.2 Å². The van der Waals surface area contributed by atoms with Crippen molar-refractivity contribution in [2.24, 2.45) is 0 Å². The molecular formula is C22H17Cl3F3N3O4. The fourth-order valence-corrected chi connectivity index (χ4v) is 3.93. The Morgan fingerprint density at radius 3 is 2.29 bits per heavy atom. The highest BCUT2D eigenvalue weighted by molar-refractivity contribution is 6.34. The molecule has 0 saturated heterocycles. The molecule has 0 bridgehead atoms. The van der Waals surface area contributed by atoms with Gasteiger partial charge in [0.2, 0.25) is 11.5 Å². The van der Waals surface area contributed by atoms with Crippen molar-refractivity contribution >= 4 is 58.3 Å². The second-order valence-corrected chi connectivity index (χ2v) is 8.67. The first-order valence-corrected chi connectivity index (χ1v) is 11.1.